The average molecular weight is 341 g/mol. The number of hydrogen-bond acceptors (Lipinski definition) is 4. The standard InChI is InChI=1S/C12H18Cl2N2O3S/c1-3-19-7-6-16(2)20(17,18)11-5-4-10(13)9(8-15)12(11)14/h4-5H,3,6-8,15H2,1-2H3. The maximum Gasteiger partial charge on any atom is 0.244 e. The largest absolute Gasteiger partial charge is 0.380 e. The summed E-state index contributed by atoms with van der Waals surface area (Å²) in [5.41, 5.74) is 5.96. The highest BCUT2D eigenvalue weighted by molar-refractivity contribution is 7.89. The van der Waals surface area contributed by atoms with Crippen LogP contribution in [0.1, 0.15) is 12.5 Å². The summed E-state index contributed by atoms with van der Waals surface area (Å²) in [6, 6.07) is 2.87. The quantitative estimate of drug-likeness (QED) is 0.771. The zero-order valence-electron chi connectivity index (χ0n) is 11.4. The fourth-order valence-corrected chi connectivity index (χ4v) is 3.65. The number of rotatable bonds is 7. The summed E-state index contributed by atoms with van der Waals surface area (Å²) in [4.78, 5) is 0.00279. The van der Waals surface area contributed by atoms with E-state index in [4.69, 9.17) is 33.7 Å². The third kappa shape index (κ3) is 3.84. The lowest BCUT2D eigenvalue weighted by atomic mass is 10.2. The second-order valence-corrected chi connectivity index (χ2v) is 6.86. The summed E-state index contributed by atoms with van der Waals surface area (Å²) in [6.07, 6.45) is 0. The van der Waals surface area contributed by atoms with E-state index in [2.05, 4.69) is 0 Å². The lowest BCUT2D eigenvalue weighted by Gasteiger charge is -2.19. The van der Waals surface area contributed by atoms with Crippen LogP contribution in [0.5, 0.6) is 0 Å². The average Bonchev–Trinajstić information content (AvgIpc) is 2.39. The molecule has 0 saturated heterocycles. The van der Waals surface area contributed by atoms with E-state index < -0.39 is 10.0 Å². The van der Waals surface area contributed by atoms with E-state index in [1.54, 1.807) is 0 Å². The first-order valence-electron chi connectivity index (χ1n) is 6.07. The van der Waals surface area contributed by atoms with Crippen molar-refractivity contribution >= 4 is 33.2 Å². The van der Waals surface area contributed by atoms with Crippen molar-refractivity contribution < 1.29 is 13.2 Å². The maximum absolute atomic E-state index is 12.4. The number of nitrogens with zero attached hydrogens (tertiary/aromatic N) is 1. The van der Waals surface area contributed by atoms with Gasteiger partial charge >= 0.3 is 0 Å². The fourth-order valence-electron chi connectivity index (χ4n) is 1.59. The smallest absolute Gasteiger partial charge is 0.244 e. The van der Waals surface area contributed by atoms with Crippen LogP contribution >= 0.6 is 23.2 Å². The summed E-state index contributed by atoms with van der Waals surface area (Å²) in [7, 11) is -2.22. The van der Waals surface area contributed by atoms with Gasteiger partial charge in [0.05, 0.1) is 11.6 Å². The molecule has 0 fully saturated rings. The highest BCUT2D eigenvalue weighted by Crippen LogP contribution is 2.32. The first-order chi connectivity index (χ1) is 9.36. The molecular formula is C12H18Cl2N2O3S. The second kappa shape index (κ2) is 7.59. The van der Waals surface area contributed by atoms with E-state index in [0.717, 1.165) is 0 Å². The molecule has 0 heterocycles. The molecule has 0 aliphatic heterocycles. The molecule has 114 valence electrons. The predicted molar refractivity (Wildman–Crippen MR) is 80.7 cm³/mol. The number of halogens is 2. The Kier molecular flexibility index (Phi) is 6.71. The van der Waals surface area contributed by atoms with Crippen molar-refractivity contribution in [1.29, 1.82) is 0 Å². The number of nitrogens with two attached hydrogens (primary N) is 1. The van der Waals surface area contributed by atoms with Crippen molar-refractivity contribution in [2.75, 3.05) is 26.8 Å². The molecule has 0 aromatic heterocycles. The van der Waals surface area contributed by atoms with Gasteiger partial charge in [-0.15, -0.1) is 0 Å². The van der Waals surface area contributed by atoms with Crippen molar-refractivity contribution in [1.82, 2.24) is 4.31 Å². The lowest BCUT2D eigenvalue weighted by molar-refractivity contribution is 0.138. The molecule has 0 spiro atoms. The molecule has 0 unspecified atom stereocenters. The van der Waals surface area contributed by atoms with Crippen LogP contribution in [0.3, 0.4) is 0 Å². The molecule has 2 N–H and O–H groups in total. The number of sulfonamides is 1. The van der Waals surface area contributed by atoms with Gasteiger partial charge in [0.2, 0.25) is 10.0 Å². The maximum atomic E-state index is 12.4. The molecule has 0 aliphatic carbocycles. The Labute approximate surface area is 129 Å². The van der Waals surface area contributed by atoms with E-state index in [-0.39, 0.29) is 23.0 Å². The Hall–Kier alpha value is -0.370. The van der Waals surface area contributed by atoms with Crippen molar-refractivity contribution in [3.05, 3.63) is 27.7 Å². The van der Waals surface area contributed by atoms with Gasteiger partial charge in [0.25, 0.3) is 0 Å². The van der Waals surface area contributed by atoms with Crippen LogP contribution in [0.25, 0.3) is 0 Å². The van der Waals surface area contributed by atoms with Crippen LogP contribution in [0.4, 0.5) is 0 Å². The molecule has 1 aromatic rings. The highest BCUT2D eigenvalue weighted by Gasteiger charge is 2.25. The molecule has 8 heteroatoms. The first kappa shape index (κ1) is 17.7. The monoisotopic (exact) mass is 340 g/mol. The Morgan fingerprint density at radius 3 is 2.55 bits per heavy atom. The van der Waals surface area contributed by atoms with Crippen LogP contribution in [0.15, 0.2) is 17.0 Å². The van der Waals surface area contributed by atoms with Crippen LogP contribution in [0.2, 0.25) is 10.0 Å². The minimum atomic E-state index is -3.69. The molecule has 0 radical (unpaired) electrons. The molecule has 20 heavy (non-hydrogen) atoms. The van der Waals surface area contributed by atoms with Gasteiger partial charge in [0.1, 0.15) is 4.90 Å². The molecular weight excluding hydrogens is 323 g/mol. The van der Waals surface area contributed by atoms with Crippen LogP contribution < -0.4 is 5.73 Å². The van der Waals surface area contributed by atoms with Crippen molar-refractivity contribution in [2.45, 2.75) is 18.4 Å². The third-order valence-electron chi connectivity index (χ3n) is 2.80. The van der Waals surface area contributed by atoms with Gasteiger partial charge in [-0.3, -0.25) is 0 Å². The van der Waals surface area contributed by atoms with Crippen molar-refractivity contribution in [3.63, 3.8) is 0 Å². The predicted octanol–water partition coefficient (Wildman–Crippen LogP) is 2.11. The summed E-state index contributed by atoms with van der Waals surface area (Å²) >= 11 is 12.0. The number of hydrogen-bond donors (Lipinski definition) is 1. The highest BCUT2D eigenvalue weighted by atomic mass is 35.5. The molecule has 0 saturated carbocycles. The Bertz CT molecular complexity index is 564. The zero-order valence-corrected chi connectivity index (χ0v) is 13.7. The zero-order chi connectivity index (χ0) is 15.3. The topological polar surface area (TPSA) is 72.6 Å². The SMILES string of the molecule is CCOCCN(C)S(=O)(=O)c1ccc(Cl)c(CN)c1Cl. The van der Waals surface area contributed by atoms with Gasteiger partial charge in [-0.2, -0.15) is 4.31 Å². The van der Waals surface area contributed by atoms with E-state index in [0.29, 0.717) is 23.8 Å². The summed E-state index contributed by atoms with van der Waals surface area (Å²) < 4.78 is 31.2. The number of benzene rings is 1. The minimum Gasteiger partial charge on any atom is -0.380 e. The van der Waals surface area contributed by atoms with Crippen molar-refractivity contribution in [3.8, 4) is 0 Å². The Balaban J connectivity index is 3.10. The van der Waals surface area contributed by atoms with Crippen LogP contribution in [-0.2, 0) is 21.3 Å². The summed E-state index contributed by atoms with van der Waals surface area (Å²) in [5, 5.41) is 0.427. The van der Waals surface area contributed by atoms with Crippen LogP contribution in [-0.4, -0.2) is 39.5 Å². The van der Waals surface area contributed by atoms with Crippen LogP contribution in [0, 0.1) is 0 Å². The number of likely N-dealkylation sites (N-methyl/N-ethyl adjacent to an activating group) is 1. The molecule has 5 nitrogen and oxygen atoms in total. The number of ether oxygens (including phenoxy) is 1. The van der Waals surface area contributed by atoms with E-state index >= 15 is 0 Å². The third-order valence-corrected chi connectivity index (χ3v) is 5.59. The lowest BCUT2D eigenvalue weighted by Crippen LogP contribution is -2.30. The molecule has 1 rings (SSSR count). The van der Waals surface area contributed by atoms with Gasteiger partial charge in [0, 0.05) is 37.3 Å². The Morgan fingerprint density at radius 1 is 1.35 bits per heavy atom. The van der Waals surface area contributed by atoms with E-state index in [1.165, 1.54) is 23.5 Å². The van der Waals surface area contributed by atoms with Gasteiger partial charge in [-0.1, -0.05) is 23.2 Å². The fraction of sp³-hybridized carbons (Fsp3) is 0.500. The summed E-state index contributed by atoms with van der Waals surface area (Å²) in [5.74, 6) is 0. The summed E-state index contributed by atoms with van der Waals surface area (Å²) in [6.45, 7) is 3.02. The second-order valence-electron chi connectivity index (χ2n) is 4.07. The van der Waals surface area contributed by atoms with Crippen molar-refractivity contribution in [2.24, 2.45) is 5.73 Å². The van der Waals surface area contributed by atoms with Gasteiger partial charge in [-0.25, -0.2) is 8.42 Å². The molecule has 0 amide bonds. The van der Waals surface area contributed by atoms with Gasteiger partial charge in [0.15, 0.2) is 0 Å². The van der Waals surface area contributed by atoms with Gasteiger partial charge in [-0.05, 0) is 19.1 Å². The van der Waals surface area contributed by atoms with E-state index in [1.807, 2.05) is 6.92 Å². The normalized spacial score (nSPS) is 12.1. The van der Waals surface area contributed by atoms with Gasteiger partial charge < -0.3 is 10.5 Å². The first-order valence-corrected chi connectivity index (χ1v) is 8.26. The minimum absolute atomic E-state index is 0.00279. The Morgan fingerprint density at radius 2 is 2.00 bits per heavy atom. The molecule has 0 bridgehead atoms. The van der Waals surface area contributed by atoms with E-state index in [9.17, 15) is 8.42 Å². The molecule has 0 aliphatic rings. The molecule has 0 atom stereocenters. The molecule has 1 aromatic carbocycles.